The maximum atomic E-state index is 12.6. The van der Waals surface area contributed by atoms with E-state index in [-0.39, 0.29) is 5.25 Å². The molecule has 0 saturated heterocycles. The van der Waals surface area contributed by atoms with Crippen LogP contribution in [-0.4, -0.2) is 27.3 Å². The van der Waals surface area contributed by atoms with E-state index in [0.29, 0.717) is 11.4 Å². The standard InChI is InChI=1S/C22H31NO3S2/c1-4-5-6-7-8-21(27-20-13-11-19(26-3)12-14-20)17-23-28(24,25)22-15-9-18(2)10-16-22/h9-16,21,23H,4-8,17H2,1-3H3. The van der Waals surface area contributed by atoms with Crippen molar-refractivity contribution >= 4 is 21.8 Å². The number of methoxy groups -OCH3 is 1. The van der Waals surface area contributed by atoms with Gasteiger partial charge in [0, 0.05) is 16.7 Å². The Hall–Kier alpha value is -1.50. The highest BCUT2D eigenvalue weighted by atomic mass is 32.2. The van der Waals surface area contributed by atoms with E-state index in [9.17, 15) is 8.42 Å². The zero-order chi connectivity index (χ0) is 20.4. The van der Waals surface area contributed by atoms with Gasteiger partial charge in [0.05, 0.1) is 12.0 Å². The first-order chi connectivity index (χ1) is 13.4. The van der Waals surface area contributed by atoms with Crippen molar-refractivity contribution in [1.29, 1.82) is 0 Å². The van der Waals surface area contributed by atoms with E-state index in [1.807, 2.05) is 43.3 Å². The molecule has 0 aromatic heterocycles. The molecule has 1 atom stereocenters. The van der Waals surface area contributed by atoms with Gasteiger partial charge in [-0.25, -0.2) is 13.1 Å². The monoisotopic (exact) mass is 421 g/mol. The third-order valence-corrected chi connectivity index (χ3v) is 7.29. The molecule has 0 radical (unpaired) electrons. The van der Waals surface area contributed by atoms with Crippen LogP contribution in [0.5, 0.6) is 5.75 Å². The maximum Gasteiger partial charge on any atom is 0.240 e. The smallest absolute Gasteiger partial charge is 0.240 e. The Morgan fingerprint density at radius 1 is 1.00 bits per heavy atom. The molecule has 0 spiro atoms. The average Bonchev–Trinajstić information content (AvgIpc) is 2.70. The molecule has 1 unspecified atom stereocenters. The van der Waals surface area contributed by atoms with Gasteiger partial charge in [-0.2, -0.15) is 0 Å². The molecule has 28 heavy (non-hydrogen) atoms. The lowest BCUT2D eigenvalue weighted by molar-refractivity contribution is 0.414. The summed E-state index contributed by atoms with van der Waals surface area (Å²) in [6, 6.07) is 14.9. The summed E-state index contributed by atoms with van der Waals surface area (Å²) >= 11 is 1.72. The van der Waals surface area contributed by atoms with E-state index in [2.05, 4.69) is 11.6 Å². The fourth-order valence-electron chi connectivity index (χ4n) is 2.85. The maximum absolute atomic E-state index is 12.6. The van der Waals surface area contributed by atoms with Crippen molar-refractivity contribution in [3.05, 3.63) is 54.1 Å². The predicted molar refractivity (Wildman–Crippen MR) is 118 cm³/mol. The van der Waals surface area contributed by atoms with Crippen molar-refractivity contribution in [2.75, 3.05) is 13.7 Å². The van der Waals surface area contributed by atoms with Gasteiger partial charge in [0.15, 0.2) is 0 Å². The number of hydrogen-bond donors (Lipinski definition) is 1. The Kier molecular flexibility index (Phi) is 9.35. The average molecular weight is 422 g/mol. The number of benzene rings is 2. The van der Waals surface area contributed by atoms with E-state index in [4.69, 9.17) is 4.74 Å². The molecule has 0 aliphatic carbocycles. The van der Waals surface area contributed by atoms with Crippen LogP contribution >= 0.6 is 11.8 Å². The highest BCUT2D eigenvalue weighted by molar-refractivity contribution is 8.00. The number of hydrogen-bond acceptors (Lipinski definition) is 4. The van der Waals surface area contributed by atoms with Crippen molar-refractivity contribution in [3.8, 4) is 5.75 Å². The SMILES string of the molecule is CCCCCCC(CNS(=O)(=O)c1ccc(C)cc1)Sc1ccc(OC)cc1. The Labute approximate surface area is 174 Å². The highest BCUT2D eigenvalue weighted by Crippen LogP contribution is 2.28. The van der Waals surface area contributed by atoms with Crippen molar-refractivity contribution in [3.63, 3.8) is 0 Å². The summed E-state index contributed by atoms with van der Waals surface area (Å²) in [4.78, 5) is 1.44. The van der Waals surface area contributed by atoms with Crippen LogP contribution in [0.3, 0.4) is 0 Å². The minimum Gasteiger partial charge on any atom is -0.497 e. The van der Waals surface area contributed by atoms with Gasteiger partial charge in [-0.3, -0.25) is 0 Å². The van der Waals surface area contributed by atoms with E-state index < -0.39 is 10.0 Å². The Morgan fingerprint density at radius 3 is 2.29 bits per heavy atom. The molecule has 0 aliphatic rings. The summed E-state index contributed by atoms with van der Waals surface area (Å²) in [5.41, 5.74) is 1.04. The van der Waals surface area contributed by atoms with E-state index >= 15 is 0 Å². The summed E-state index contributed by atoms with van der Waals surface area (Å²) in [5, 5.41) is 0.186. The van der Waals surface area contributed by atoms with Crippen LogP contribution < -0.4 is 9.46 Å². The van der Waals surface area contributed by atoms with Gasteiger partial charge in [0.25, 0.3) is 0 Å². The second-order valence-corrected chi connectivity index (χ2v) is 10.1. The first-order valence-corrected chi connectivity index (χ1v) is 12.2. The molecule has 2 aromatic carbocycles. The predicted octanol–water partition coefficient (Wildman–Crippen LogP) is 5.41. The summed E-state index contributed by atoms with van der Waals surface area (Å²) in [6.07, 6.45) is 5.67. The third kappa shape index (κ3) is 7.49. The highest BCUT2D eigenvalue weighted by Gasteiger charge is 2.18. The number of rotatable bonds is 12. The minimum absolute atomic E-state index is 0.186. The Morgan fingerprint density at radius 2 is 1.68 bits per heavy atom. The van der Waals surface area contributed by atoms with Gasteiger partial charge in [0.1, 0.15) is 5.75 Å². The van der Waals surface area contributed by atoms with Crippen molar-refractivity contribution in [2.45, 2.75) is 61.0 Å². The topological polar surface area (TPSA) is 55.4 Å². The van der Waals surface area contributed by atoms with Gasteiger partial charge in [-0.15, -0.1) is 11.8 Å². The molecule has 0 heterocycles. The summed E-state index contributed by atoms with van der Waals surface area (Å²) < 4.78 is 33.3. The zero-order valence-corrected chi connectivity index (χ0v) is 18.6. The second-order valence-electron chi connectivity index (χ2n) is 6.93. The number of unbranched alkanes of at least 4 members (excludes halogenated alkanes) is 3. The largest absolute Gasteiger partial charge is 0.497 e. The van der Waals surface area contributed by atoms with Gasteiger partial charge < -0.3 is 4.74 Å². The number of ether oxygens (including phenoxy) is 1. The van der Waals surface area contributed by atoms with Gasteiger partial charge >= 0.3 is 0 Å². The van der Waals surface area contributed by atoms with Crippen molar-refractivity contribution < 1.29 is 13.2 Å². The molecule has 0 aliphatic heterocycles. The van der Waals surface area contributed by atoms with Crippen LogP contribution in [0.4, 0.5) is 0 Å². The number of thioether (sulfide) groups is 1. The lowest BCUT2D eigenvalue weighted by atomic mass is 10.1. The molecule has 1 N–H and O–H groups in total. The number of nitrogens with one attached hydrogen (secondary N) is 1. The second kappa shape index (κ2) is 11.5. The molecular weight excluding hydrogens is 390 g/mol. The first kappa shape index (κ1) is 22.8. The van der Waals surface area contributed by atoms with Crippen LogP contribution in [0.25, 0.3) is 0 Å². The molecule has 2 rings (SSSR count). The zero-order valence-electron chi connectivity index (χ0n) is 17.0. The normalized spacial score (nSPS) is 12.7. The summed E-state index contributed by atoms with van der Waals surface area (Å²) in [6.45, 7) is 4.56. The van der Waals surface area contributed by atoms with Crippen molar-refractivity contribution in [2.24, 2.45) is 0 Å². The summed E-state index contributed by atoms with van der Waals surface area (Å²) in [5.74, 6) is 0.823. The Bertz CT molecular complexity index is 803. The Balaban J connectivity index is 2.01. The number of sulfonamides is 1. The van der Waals surface area contributed by atoms with Crippen LogP contribution in [0.15, 0.2) is 58.3 Å². The molecule has 0 saturated carbocycles. The molecule has 2 aromatic rings. The quantitative estimate of drug-likeness (QED) is 0.368. The molecule has 0 fully saturated rings. The van der Waals surface area contributed by atoms with Gasteiger partial charge in [-0.1, -0.05) is 50.3 Å². The van der Waals surface area contributed by atoms with E-state index in [0.717, 1.165) is 29.1 Å². The van der Waals surface area contributed by atoms with Crippen molar-refractivity contribution in [1.82, 2.24) is 4.72 Å². The molecule has 6 heteroatoms. The fourth-order valence-corrected chi connectivity index (χ4v) is 5.17. The minimum atomic E-state index is -3.49. The molecular formula is C22H31NO3S2. The lowest BCUT2D eigenvalue weighted by Gasteiger charge is -2.18. The van der Waals surface area contributed by atoms with Crippen LogP contribution in [0, 0.1) is 6.92 Å². The first-order valence-electron chi connectivity index (χ1n) is 9.81. The fraction of sp³-hybridized carbons (Fsp3) is 0.455. The van der Waals surface area contributed by atoms with Crippen LogP contribution in [0.1, 0.15) is 44.6 Å². The molecule has 4 nitrogen and oxygen atoms in total. The summed E-state index contributed by atoms with van der Waals surface area (Å²) in [7, 11) is -1.84. The van der Waals surface area contributed by atoms with E-state index in [1.54, 1.807) is 31.0 Å². The van der Waals surface area contributed by atoms with Crippen LogP contribution in [-0.2, 0) is 10.0 Å². The molecule has 0 amide bonds. The van der Waals surface area contributed by atoms with Gasteiger partial charge in [0.2, 0.25) is 10.0 Å². The van der Waals surface area contributed by atoms with Crippen LogP contribution in [0.2, 0.25) is 0 Å². The number of aryl methyl sites for hydroxylation is 1. The molecule has 0 bridgehead atoms. The third-order valence-electron chi connectivity index (χ3n) is 4.57. The molecule has 154 valence electrons. The lowest BCUT2D eigenvalue weighted by Crippen LogP contribution is -2.30. The van der Waals surface area contributed by atoms with E-state index in [1.165, 1.54) is 19.3 Å². The van der Waals surface area contributed by atoms with Gasteiger partial charge in [-0.05, 0) is 49.7 Å².